The average Bonchev–Trinajstić information content (AvgIpc) is 3.24. The highest BCUT2D eigenvalue weighted by Crippen LogP contribution is 2.43. The van der Waals surface area contributed by atoms with Gasteiger partial charge in [0.25, 0.3) is 0 Å². The minimum absolute atomic E-state index is 0.328. The van der Waals surface area contributed by atoms with Crippen LogP contribution in [0.2, 0.25) is 0 Å². The van der Waals surface area contributed by atoms with Crippen molar-refractivity contribution in [2.45, 2.75) is 43.8 Å². The molecule has 2 saturated heterocycles. The molecule has 3 heterocycles. The van der Waals surface area contributed by atoms with Crippen LogP contribution in [0.1, 0.15) is 29.1 Å². The van der Waals surface area contributed by atoms with E-state index in [0.717, 1.165) is 29.1 Å². The van der Waals surface area contributed by atoms with Gasteiger partial charge in [-0.1, -0.05) is 17.7 Å². The molecule has 0 N–H and O–H groups in total. The Morgan fingerprint density at radius 1 is 1.29 bits per heavy atom. The van der Waals surface area contributed by atoms with E-state index in [1.54, 1.807) is 23.5 Å². The molecule has 2 fully saturated rings. The molecule has 2 aliphatic rings. The van der Waals surface area contributed by atoms with Gasteiger partial charge in [0.1, 0.15) is 0 Å². The lowest BCUT2D eigenvalue weighted by molar-refractivity contribution is -0.106. The molecule has 1 aromatic heterocycles. The molecule has 8 heteroatoms. The van der Waals surface area contributed by atoms with E-state index in [4.69, 9.17) is 9.47 Å². The second-order valence-electron chi connectivity index (χ2n) is 7.68. The molecule has 2 aliphatic heterocycles. The van der Waals surface area contributed by atoms with Crippen molar-refractivity contribution in [1.82, 2.24) is 9.29 Å². The van der Waals surface area contributed by atoms with Crippen LogP contribution in [-0.2, 0) is 26.1 Å². The van der Waals surface area contributed by atoms with Gasteiger partial charge in [0.15, 0.2) is 0 Å². The number of rotatable bonds is 7. The zero-order valence-electron chi connectivity index (χ0n) is 16.3. The summed E-state index contributed by atoms with van der Waals surface area (Å²) in [7, 11) is -3.45. The van der Waals surface area contributed by atoms with Gasteiger partial charge in [-0.2, -0.15) is 4.31 Å². The Kier molecular flexibility index (Phi) is 5.59. The SMILES string of the molecule is Cc1ccc(S(=O)(=O)N2CC3(C2)OCCC3CCOCc2csc(C)n2)cc1. The molecule has 0 saturated carbocycles. The molecular formula is C20H26N2O4S2. The number of hydrogen-bond acceptors (Lipinski definition) is 6. The summed E-state index contributed by atoms with van der Waals surface area (Å²) in [6.07, 6.45) is 1.83. The van der Waals surface area contributed by atoms with Gasteiger partial charge in [-0.05, 0) is 44.7 Å². The lowest BCUT2D eigenvalue weighted by Crippen LogP contribution is -2.65. The van der Waals surface area contributed by atoms with Gasteiger partial charge in [-0.3, -0.25) is 0 Å². The zero-order chi connectivity index (χ0) is 19.8. The molecule has 152 valence electrons. The van der Waals surface area contributed by atoms with E-state index in [1.165, 1.54) is 4.31 Å². The third kappa shape index (κ3) is 3.89. The van der Waals surface area contributed by atoms with Crippen LogP contribution in [0.4, 0.5) is 0 Å². The largest absolute Gasteiger partial charge is 0.375 e. The fourth-order valence-electron chi connectivity index (χ4n) is 4.00. The fraction of sp³-hybridized carbons (Fsp3) is 0.550. The third-order valence-electron chi connectivity index (χ3n) is 5.67. The number of ether oxygens (including phenoxy) is 2. The summed E-state index contributed by atoms with van der Waals surface area (Å²) in [4.78, 5) is 4.75. The van der Waals surface area contributed by atoms with Gasteiger partial charge < -0.3 is 9.47 Å². The predicted molar refractivity (Wildman–Crippen MR) is 108 cm³/mol. The first-order chi connectivity index (χ1) is 13.4. The number of aromatic nitrogens is 1. The van der Waals surface area contributed by atoms with Crippen molar-refractivity contribution in [2.75, 3.05) is 26.3 Å². The first kappa shape index (κ1) is 20.0. The van der Waals surface area contributed by atoms with Crippen LogP contribution in [0.5, 0.6) is 0 Å². The molecular weight excluding hydrogens is 396 g/mol. The normalized spacial score (nSPS) is 21.9. The van der Waals surface area contributed by atoms with E-state index in [0.29, 0.717) is 43.7 Å². The highest BCUT2D eigenvalue weighted by Gasteiger charge is 2.56. The van der Waals surface area contributed by atoms with E-state index < -0.39 is 10.0 Å². The van der Waals surface area contributed by atoms with Gasteiger partial charge in [-0.15, -0.1) is 11.3 Å². The molecule has 1 atom stereocenters. The predicted octanol–water partition coefficient (Wildman–Crippen LogP) is 3.15. The van der Waals surface area contributed by atoms with Crippen molar-refractivity contribution in [3.63, 3.8) is 0 Å². The maximum Gasteiger partial charge on any atom is 0.243 e. The standard InChI is InChI=1S/C20H26N2O4S2/c1-15-3-5-19(6-4-15)28(23,24)22-13-20(14-22)17(8-10-26-20)7-9-25-11-18-12-27-16(2)21-18/h3-6,12,17H,7-11,13-14H2,1-2H3. The van der Waals surface area contributed by atoms with Crippen LogP contribution >= 0.6 is 11.3 Å². The average molecular weight is 423 g/mol. The van der Waals surface area contributed by atoms with Crippen molar-refractivity contribution in [2.24, 2.45) is 5.92 Å². The Morgan fingerprint density at radius 2 is 2.04 bits per heavy atom. The van der Waals surface area contributed by atoms with Gasteiger partial charge in [-0.25, -0.2) is 13.4 Å². The summed E-state index contributed by atoms with van der Waals surface area (Å²) < 4.78 is 39.0. The number of sulfonamides is 1. The summed E-state index contributed by atoms with van der Waals surface area (Å²) in [6, 6.07) is 7.02. The number of aryl methyl sites for hydroxylation is 2. The molecule has 6 nitrogen and oxygen atoms in total. The van der Waals surface area contributed by atoms with E-state index in [-0.39, 0.29) is 5.60 Å². The van der Waals surface area contributed by atoms with Crippen molar-refractivity contribution in [3.05, 3.63) is 45.9 Å². The van der Waals surface area contributed by atoms with Crippen LogP contribution in [0.25, 0.3) is 0 Å². The fourth-order valence-corrected chi connectivity index (χ4v) is 6.15. The number of benzene rings is 1. The second kappa shape index (κ2) is 7.84. The quantitative estimate of drug-likeness (QED) is 0.641. The van der Waals surface area contributed by atoms with Crippen molar-refractivity contribution in [3.8, 4) is 0 Å². The topological polar surface area (TPSA) is 68.7 Å². The maximum absolute atomic E-state index is 12.8. The van der Waals surface area contributed by atoms with Crippen LogP contribution in [-0.4, -0.2) is 49.6 Å². The molecule has 4 rings (SSSR count). The highest BCUT2D eigenvalue weighted by atomic mass is 32.2. The number of nitrogens with zero attached hydrogens (tertiary/aromatic N) is 2. The van der Waals surface area contributed by atoms with E-state index in [9.17, 15) is 8.42 Å². The summed E-state index contributed by atoms with van der Waals surface area (Å²) in [5, 5.41) is 3.07. The summed E-state index contributed by atoms with van der Waals surface area (Å²) in [5.74, 6) is 0.328. The summed E-state index contributed by atoms with van der Waals surface area (Å²) in [6.45, 7) is 6.65. The zero-order valence-corrected chi connectivity index (χ0v) is 17.9. The Hall–Kier alpha value is -1.32. The van der Waals surface area contributed by atoms with Gasteiger partial charge >= 0.3 is 0 Å². The lowest BCUT2D eigenvalue weighted by Gasteiger charge is -2.49. The third-order valence-corrected chi connectivity index (χ3v) is 8.30. The van der Waals surface area contributed by atoms with Gasteiger partial charge in [0.2, 0.25) is 10.0 Å². The maximum atomic E-state index is 12.8. The molecule has 1 aromatic carbocycles. The molecule has 1 unspecified atom stereocenters. The molecule has 28 heavy (non-hydrogen) atoms. The van der Waals surface area contributed by atoms with Crippen LogP contribution < -0.4 is 0 Å². The molecule has 1 spiro atoms. The minimum atomic E-state index is -3.45. The van der Waals surface area contributed by atoms with Crippen LogP contribution in [0.15, 0.2) is 34.5 Å². The van der Waals surface area contributed by atoms with Crippen LogP contribution in [0.3, 0.4) is 0 Å². The van der Waals surface area contributed by atoms with Gasteiger partial charge in [0.05, 0.1) is 27.8 Å². The van der Waals surface area contributed by atoms with Gasteiger partial charge in [0, 0.05) is 31.7 Å². The number of hydrogen-bond donors (Lipinski definition) is 0. The Balaban J connectivity index is 1.31. The first-order valence-electron chi connectivity index (χ1n) is 9.59. The molecule has 0 radical (unpaired) electrons. The van der Waals surface area contributed by atoms with Crippen molar-refractivity contribution in [1.29, 1.82) is 0 Å². The number of thiazole rings is 1. The molecule has 0 bridgehead atoms. The Bertz CT molecular complexity index is 918. The Morgan fingerprint density at radius 3 is 2.71 bits per heavy atom. The second-order valence-corrected chi connectivity index (χ2v) is 10.7. The van der Waals surface area contributed by atoms with E-state index in [2.05, 4.69) is 4.98 Å². The minimum Gasteiger partial charge on any atom is -0.375 e. The first-order valence-corrected chi connectivity index (χ1v) is 11.9. The summed E-state index contributed by atoms with van der Waals surface area (Å²) in [5.41, 5.74) is 1.67. The van der Waals surface area contributed by atoms with E-state index in [1.807, 2.05) is 31.4 Å². The lowest BCUT2D eigenvalue weighted by atomic mass is 9.80. The van der Waals surface area contributed by atoms with Crippen LogP contribution in [0, 0.1) is 19.8 Å². The Labute approximate surface area is 170 Å². The molecule has 0 amide bonds. The molecule has 2 aromatic rings. The highest BCUT2D eigenvalue weighted by molar-refractivity contribution is 7.89. The monoisotopic (exact) mass is 422 g/mol. The van der Waals surface area contributed by atoms with Crippen molar-refractivity contribution >= 4 is 21.4 Å². The van der Waals surface area contributed by atoms with Crippen molar-refractivity contribution < 1.29 is 17.9 Å². The molecule has 0 aliphatic carbocycles. The van der Waals surface area contributed by atoms with E-state index >= 15 is 0 Å². The smallest absolute Gasteiger partial charge is 0.243 e. The summed E-state index contributed by atoms with van der Waals surface area (Å²) >= 11 is 1.63.